The molecule has 5 nitrogen and oxygen atoms in total. The molecule has 0 radical (unpaired) electrons. The number of carbonyl (C=O) groups excluding carboxylic acids is 1. The third-order valence-electron chi connectivity index (χ3n) is 2.78. The molecule has 0 saturated heterocycles. The van der Waals surface area contributed by atoms with Gasteiger partial charge in [-0.15, -0.1) is 0 Å². The van der Waals surface area contributed by atoms with Gasteiger partial charge in [0.05, 0.1) is 23.3 Å². The molecule has 6 heteroatoms. The highest BCUT2D eigenvalue weighted by Gasteiger charge is 2.17. The lowest BCUT2D eigenvalue weighted by molar-refractivity contribution is -0.121. The highest BCUT2D eigenvalue weighted by molar-refractivity contribution is 7.91. The molecule has 0 aromatic heterocycles. The third kappa shape index (κ3) is 5.00. The number of rotatable bonds is 7. The second-order valence-corrected chi connectivity index (χ2v) is 6.35. The van der Waals surface area contributed by atoms with Crippen LogP contribution in [0.15, 0.2) is 35.2 Å². The van der Waals surface area contributed by atoms with E-state index >= 15 is 0 Å². The lowest BCUT2D eigenvalue weighted by Gasteiger charge is -2.13. The largest absolute Gasteiger partial charge is 0.394 e. The Balaban J connectivity index is 2.55. The molecule has 0 aliphatic rings. The first kappa shape index (κ1) is 15.7. The molecule has 0 aliphatic heterocycles. The fourth-order valence-corrected chi connectivity index (χ4v) is 2.81. The van der Waals surface area contributed by atoms with Gasteiger partial charge in [0, 0.05) is 6.42 Å². The molecule has 1 rings (SSSR count). The summed E-state index contributed by atoms with van der Waals surface area (Å²) in [6.45, 7) is 1.69. The SMILES string of the molecule is CC[C@@H](CO)NC(=O)CCS(=O)(=O)c1ccccc1. The fraction of sp³-hybridized carbons (Fsp3) is 0.462. The average Bonchev–Trinajstić information content (AvgIpc) is 2.43. The summed E-state index contributed by atoms with van der Waals surface area (Å²) in [6, 6.07) is 7.73. The number of nitrogens with one attached hydrogen (secondary N) is 1. The number of carbonyl (C=O) groups is 1. The Morgan fingerprint density at radius 1 is 1.32 bits per heavy atom. The van der Waals surface area contributed by atoms with Gasteiger partial charge in [-0.1, -0.05) is 25.1 Å². The molecule has 0 fully saturated rings. The van der Waals surface area contributed by atoms with E-state index < -0.39 is 9.84 Å². The van der Waals surface area contributed by atoms with Gasteiger partial charge in [0.25, 0.3) is 0 Å². The molecule has 0 bridgehead atoms. The molecule has 0 aliphatic carbocycles. The van der Waals surface area contributed by atoms with E-state index in [4.69, 9.17) is 5.11 Å². The predicted octanol–water partition coefficient (Wildman–Crippen LogP) is 0.737. The standard InChI is InChI=1S/C13H19NO4S/c1-2-11(10-15)14-13(16)8-9-19(17,18)12-6-4-3-5-7-12/h3-7,11,15H,2,8-10H2,1H3,(H,14,16)/t11-/m0/s1. The molecule has 1 amide bonds. The van der Waals surface area contributed by atoms with Crippen molar-refractivity contribution in [2.75, 3.05) is 12.4 Å². The van der Waals surface area contributed by atoms with Crippen molar-refractivity contribution in [1.82, 2.24) is 5.32 Å². The van der Waals surface area contributed by atoms with Crippen molar-refractivity contribution < 1.29 is 18.3 Å². The maximum absolute atomic E-state index is 11.9. The van der Waals surface area contributed by atoms with E-state index in [0.717, 1.165) is 0 Å². The number of hydrogen-bond acceptors (Lipinski definition) is 4. The molecule has 19 heavy (non-hydrogen) atoms. The fourth-order valence-electron chi connectivity index (χ4n) is 1.55. The van der Waals surface area contributed by atoms with Gasteiger partial charge in [-0.25, -0.2) is 8.42 Å². The molecule has 0 spiro atoms. The van der Waals surface area contributed by atoms with Gasteiger partial charge in [-0.05, 0) is 18.6 Å². The number of aliphatic hydroxyl groups is 1. The van der Waals surface area contributed by atoms with Crippen LogP contribution >= 0.6 is 0 Å². The van der Waals surface area contributed by atoms with Gasteiger partial charge >= 0.3 is 0 Å². The van der Waals surface area contributed by atoms with Gasteiger partial charge in [0.2, 0.25) is 5.91 Å². The molecule has 1 aromatic rings. The second kappa shape index (κ2) is 7.25. The molecular formula is C13H19NO4S. The quantitative estimate of drug-likeness (QED) is 0.774. The minimum absolute atomic E-state index is 0.103. The van der Waals surface area contributed by atoms with Gasteiger partial charge in [-0.3, -0.25) is 4.79 Å². The summed E-state index contributed by atoms with van der Waals surface area (Å²) < 4.78 is 23.9. The van der Waals surface area contributed by atoms with Gasteiger partial charge in [0.15, 0.2) is 9.84 Å². The lowest BCUT2D eigenvalue weighted by Crippen LogP contribution is -2.37. The van der Waals surface area contributed by atoms with E-state index in [1.54, 1.807) is 18.2 Å². The molecule has 106 valence electrons. The zero-order chi connectivity index (χ0) is 14.3. The van der Waals surface area contributed by atoms with Crippen molar-refractivity contribution in [3.05, 3.63) is 30.3 Å². The molecular weight excluding hydrogens is 266 g/mol. The Morgan fingerprint density at radius 3 is 2.47 bits per heavy atom. The van der Waals surface area contributed by atoms with Gasteiger partial charge < -0.3 is 10.4 Å². The van der Waals surface area contributed by atoms with E-state index in [1.807, 2.05) is 6.92 Å². The summed E-state index contributed by atoms with van der Waals surface area (Å²) >= 11 is 0. The first-order valence-electron chi connectivity index (χ1n) is 6.17. The van der Waals surface area contributed by atoms with Gasteiger partial charge in [-0.2, -0.15) is 0 Å². The van der Waals surface area contributed by atoms with Crippen LogP contribution in [0.25, 0.3) is 0 Å². The summed E-state index contributed by atoms with van der Waals surface area (Å²) in [5, 5.41) is 11.5. The maximum Gasteiger partial charge on any atom is 0.221 e. The normalized spacial score (nSPS) is 12.9. The first-order valence-corrected chi connectivity index (χ1v) is 7.83. The van der Waals surface area contributed by atoms with E-state index in [2.05, 4.69) is 5.32 Å². The number of amides is 1. The predicted molar refractivity (Wildman–Crippen MR) is 72.4 cm³/mol. The van der Waals surface area contributed by atoms with Crippen LogP contribution in [0.2, 0.25) is 0 Å². The Kier molecular flexibility index (Phi) is 5.98. The third-order valence-corrected chi connectivity index (χ3v) is 4.51. The Bertz CT molecular complexity index is 495. The van der Waals surface area contributed by atoms with Crippen molar-refractivity contribution >= 4 is 15.7 Å². The zero-order valence-electron chi connectivity index (χ0n) is 10.9. The topological polar surface area (TPSA) is 83.5 Å². The summed E-state index contributed by atoms with van der Waals surface area (Å²) in [6.07, 6.45) is 0.501. The highest BCUT2D eigenvalue weighted by Crippen LogP contribution is 2.11. The van der Waals surface area contributed by atoms with Crippen LogP contribution < -0.4 is 5.32 Å². The molecule has 2 N–H and O–H groups in total. The lowest BCUT2D eigenvalue weighted by atomic mass is 10.2. The van der Waals surface area contributed by atoms with E-state index in [0.29, 0.717) is 6.42 Å². The molecule has 0 saturated carbocycles. The minimum Gasteiger partial charge on any atom is -0.394 e. The molecule has 1 aromatic carbocycles. The molecule has 0 unspecified atom stereocenters. The van der Waals surface area contributed by atoms with Crippen molar-refractivity contribution in [2.45, 2.75) is 30.7 Å². The summed E-state index contributed by atoms with van der Waals surface area (Å²) in [7, 11) is -3.43. The van der Waals surface area contributed by atoms with E-state index in [1.165, 1.54) is 12.1 Å². The van der Waals surface area contributed by atoms with Crippen molar-refractivity contribution in [2.24, 2.45) is 0 Å². The average molecular weight is 285 g/mol. The summed E-state index contributed by atoms with van der Waals surface area (Å²) in [5.41, 5.74) is 0. The van der Waals surface area contributed by atoms with Crippen molar-refractivity contribution in [1.29, 1.82) is 0 Å². The number of sulfone groups is 1. The van der Waals surface area contributed by atoms with Crippen LogP contribution in [0.1, 0.15) is 19.8 Å². The van der Waals surface area contributed by atoms with E-state index in [9.17, 15) is 13.2 Å². The monoisotopic (exact) mass is 285 g/mol. The summed E-state index contributed by atoms with van der Waals surface area (Å²) in [5.74, 6) is -0.592. The minimum atomic E-state index is -3.43. The Morgan fingerprint density at radius 2 is 1.95 bits per heavy atom. The smallest absolute Gasteiger partial charge is 0.221 e. The zero-order valence-corrected chi connectivity index (χ0v) is 11.7. The van der Waals surface area contributed by atoms with Crippen LogP contribution in [0.4, 0.5) is 0 Å². The van der Waals surface area contributed by atoms with Crippen LogP contribution in [0.3, 0.4) is 0 Å². The Hall–Kier alpha value is -1.40. The molecule has 0 heterocycles. The van der Waals surface area contributed by atoms with Crippen LogP contribution in [0.5, 0.6) is 0 Å². The van der Waals surface area contributed by atoms with Crippen molar-refractivity contribution in [3.8, 4) is 0 Å². The first-order chi connectivity index (χ1) is 8.99. The number of benzene rings is 1. The number of aliphatic hydroxyl groups excluding tert-OH is 1. The van der Waals surface area contributed by atoms with Gasteiger partial charge in [0.1, 0.15) is 0 Å². The maximum atomic E-state index is 11.9. The highest BCUT2D eigenvalue weighted by atomic mass is 32.2. The number of hydrogen-bond donors (Lipinski definition) is 2. The molecule has 1 atom stereocenters. The summed E-state index contributed by atoms with van der Waals surface area (Å²) in [4.78, 5) is 11.8. The second-order valence-electron chi connectivity index (χ2n) is 4.24. The van der Waals surface area contributed by atoms with Crippen LogP contribution in [0, 0.1) is 0 Å². The van der Waals surface area contributed by atoms with Crippen LogP contribution in [-0.4, -0.2) is 37.8 Å². The van der Waals surface area contributed by atoms with Crippen molar-refractivity contribution in [3.63, 3.8) is 0 Å². The Labute approximate surface area is 113 Å². The van der Waals surface area contributed by atoms with E-state index in [-0.39, 0.29) is 35.6 Å². The van der Waals surface area contributed by atoms with Crippen LogP contribution in [-0.2, 0) is 14.6 Å².